The number of carbonyl (C=O) groups excluding carboxylic acids is 2. The van der Waals surface area contributed by atoms with Crippen LogP contribution in [0.1, 0.15) is 12.8 Å². The normalized spacial score (nSPS) is 15.6. The summed E-state index contributed by atoms with van der Waals surface area (Å²) in [5.41, 5.74) is 4.71. The predicted molar refractivity (Wildman–Crippen MR) is 137 cm³/mol. The van der Waals surface area contributed by atoms with Gasteiger partial charge in [-0.1, -0.05) is 72.4 Å². The van der Waals surface area contributed by atoms with Crippen molar-refractivity contribution in [3.05, 3.63) is 78.9 Å². The predicted octanol–water partition coefficient (Wildman–Crippen LogP) is 4.96. The zero-order chi connectivity index (χ0) is 23.5. The van der Waals surface area contributed by atoms with E-state index in [0.29, 0.717) is 13.0 Å². The molecule has 6 nitrogen and oxygen atoms in total. The van der Waals surface area contributed by atoms with Gasteiger partial charge in [0, 0.05) is 24.8 Å². The lowest BCUT2D eigenvalue weighted by Crippen LogP contribution is -2.44. The lowest BCUT2D eigenvalue weighted by molar-refractivity contribution is -0.134. The van der Waals surface area contributed by atoms with Gasteiger partial charge in [0.1, 0.15) is 6.04 Å². The van der Waals surface area contributed by atoms with Gasteiger partial charge in [-0.3, -0.25) is 9.59 Å². The minimum atomic E-state index is -0.461. The van der Waals surface area contributed by atoms with Gasteiger partial charge in [0.15, 0.2) is 5.16 Å². The van der Waals surface area contributed by atoms with Gasteiger partial charge in [-0.05, 0) is 36.6 Å². The number of nitrogens with zero attached hydrogens (tertiary/aromatic N) is 3. The molecule has 1 atom stereocenters. The molecule has 0 aliphatic carbocycles. The number of hydrogen-bond donors (Lipinski definition) is 1. The second-order valence-corrected chi connectivity index (χ2v) is 9.32. The molecule has 1 N–H and O–H groups in total. The summed E-state index contributed by atoms with van der Waals surface area (Å²) in [7, 11) is 1.96. The van der Waals surface area contributed by atoms with Gasteiger partial charge in [0.05, 0.1) is 16.8 Å². The van der Waals surface area contributed by atoms with Crippen LogP contribution < -0.4 is 5.32 Å². The number of likely N-dealkylation sites (tertiary alicyclic amines) is 1. The maximum atomic E-state index is 13.2. The molecule has 5 rings (SSSR count). The topological polar surface area (TPSA) is 67.2 Å². The summed E-state index contributed by atoms with van der Waals surface area (Å²) in [5.74, 6) is 0.0784. The van der Waals surface area contributed by atoms with Gasteiger partial charge in [-0.25, -0.2) is 4.98 Å². The zero-order valence-electron chi connectivity index (χ0n) is 19.0. The fraction of sp³-hybridized carbons (Fsp3) is 0.222. The number of hydrogen-bond acceptors (Lipinski definition) is 4. The summed E-state index contributed by atoms with van der Waals surface area (Å²) in [5, 5.41) is 3.88. The molecule has 1 aliphatic rings. The third-order valence-electron chi connectivity index (χ3n) is 6.22. The highest BCUT2D eigenvalue weighted by atomic mass is 32.2. The molecule has 0 radical (unpaired) electrons. The fourth-order valence-corrected chi connectivity index (χ4v) is 5.35. The average Bonchev–Trinajstić information content (AvgIpc) is 3.49. The molecule has 1 aliphatic heterocycles. The third kappa shape index (κ3) is 4.43. The van der Waals surface area contributed by atoms with E-state index < -0.39 is 6.04 Å². The Kier molecular flexibility index (Phi) is 6.36. The molecule has 2 heterocycles. The van der Waals surface area contributed by atoms with E-state index in [1.165, 1.54) is 11.8 Å². The number of thioether (sulfide) groups is 1. The summed E-state index contributed by atoms with van der Waals surface area (Å²) in [6, 6.07) is 25.2. The number of amides is 2. The summed E-state index contributed by atoms with van der Waals surface area (Å²) < 4.78 is 2.00. The van der Waals surface area contributed by atoms with E-state index in [0.717, 1.165) is 39.4 Å². The minimum Gasteiger partial charge on any atom is -0.330 e. The standard InChI is InChI=1S/C27H26N4O2S/c1-30-23-15-8-7-14-22(23)29-27(30)34-18-25(32)31-17-9-16-24(31)26(33)28-21-13-6-5-12-20(21)19-10-3-2-4-11-19/h2-8,10-15,24H,9,16-18H2,1H3,(H,28,33)/t24-/m1/s1. The molecular weight excluding hydrogens is 444 g/mol. The molecular formula is C27H26N4O2S. The van der Waals surface area contributed by atoms with Crippen LogP contribution in [0, 0.1) is 0 Å². The van der Waals surface area contributed by atoms with E-state index >= 15 is 0 Å². The van der Waals surface area contributed by atoms with Gasteiger partial charge < -0.3 is 14.8 Å². The smallest absolute Gasteiger partial charge is 0.247 e. The molecule has 0 spiro atoms. The van der Waals surface area contributed by atoms with Crippen molar-refractivity contribution in [2.45, 2.75) is 24.0 Å². The van der Waals surface area contributed by atoms with Crippen LogP contribution in [0.4, 0.5) is 5.69 Å². The van der Waals surface area contributed by atoms with Crippen LogP contribution in [0.15, 0.2) is 84.0 Å². The molecule has 4 aromatic rings. The van der Waals surface area contributed by atoms with Crippen LogP contribution in [0.3, 0.4) is 0 Å². The first-order valence-electron chi connectivity index (χ1n) is 11.4. The lowest BCUT2D eigenvalue weighted by atomic mass is 10.0. The number of nitrogens with one attached hydrogen (secondary N) is 1. The number of carbonyl (C=O) groups is 2. The van der Waals surface area contributed by atoms with Gasteiger partial charge in [-0.15, -0.1) is 0 Å². The molecule has 1 saturated heterocycles. The molecule has 1 fully saturated rings. The summed E-state index contributed by atoms with van der Waals surface area (Å²) in [4.78, 5) is 32.7. The summed E-state index contributed by atoms with van der Waals surface area (Å²) in [6.45, 7) is 0.598. The van der Waals surface area contributed by atoms with Crippen molar-refractivity contribution in [2.75, 3.05) is 17.6 Å². The molecule has 2 amide bonds. The SMILES string of the molecule is Cn1c(SCC(=O)N2CCC[C@@H]2C(=O)Nc2ccccc2-c2ccccc2)nc2ccccc21. The Morgan fingerprint density at radius 3 is 2.56 bits per heavy atom. The summed E-state index contributed by atoms with van der Waals surface area (Å²) >= 11 is 1.41. The lowest BCUT2D eigenvalue weighted by Gasteiger charge is -2.24. The quantitative estimate of drug-likeness (QED) is 0.405. The largest absolute Gasteiger partial charge is 0.330 e. The first-order valence-corrected chi connectivity index (χ1v) is 12.4. The van der Waals surface area contributed by atoms with Crippen molar-refractivity contribution >= 4 is 40.3 Å². The van der Waals surface area contributed by atoms with Gasteiger partial charge in [0.25, 0.3) is 0 Å². The Labute approximate surface area is 203 Å². The molecule has 172 valence electrons. The second-order valence-electron chi connectivity index (χ2n) is 8.38. The van der Waals surface area contributed by atoms with Crippen LogP contribution in [0.2, 0.25) is 0 Å². The van der Waals surface area contributed by atoms with E-state index in [1.807, 2.05) is 90.5 Å². The van der Waals surface area contributed by atoms with E-state index in [2.05, 4.69) is 10.3 Å². The van der Waals surface area contributed by atoms with Crippen molar-refractivity contribution < 1.29 is 9.59 Å². The zero-order valence-corrected chi connectivity index (χ0v) is 19.8. The highest BCUT2D eigenvalue weighted by Crippen LogP contribution is 2.29. The number of rotatable bonds is 6. The van der Waals surface area contributed by atoms with E-state index in [-0.39, 0.29) is 17.6 Å². The highest BCUT2D eigenvalue weighted by molar-refractivity contribution is 7.99. The Morgan fingerprint density at radius 1 is 1.00 bits per heavy atom. The Morgan fingerprint density at radius 2 is 1.74 bits per heavy atom. The van der Waals surface area contributed by atoms with Crippen molar-refractivity contribution in [1.82, 2.24) is 14.5 Å². The van der Waals surface area contributed by atoms with Crippen LogP contribution in [-0.2, 0) is 16.6 Å². The molecule has 0 bridgehead atoms. The first kappa shape index (κ1) is 22.2. The summed E-state index contributed by atoms with van der Waals surface area (Å²) in [6.07, 6.45) is 1.49. The van der Waals surface area contributed by atoms with Gasteiger partial charge >= 0.3 is 0 Å². The monoisotopic (exact) mass is 470 g/mol. The van der Waals surface area contributed by atoms with Crippen LogP contribution in [0.5, 0.6) is 0 Å². The fourth-order valence-electron chi connectivity index (χ4n) is 4.48. The van der Waals surface area contributed by atoms with Gasteiger partial charge in [0.2, 0.25) is 11.8 Å². The Bertz CT molecular complexity index is 1330. The molecule has 1 aromatic heterocycles. The third-order valence-corrected chi connectivity index (χ3v) is 7.23. The van der Waals surface area contributed by atoms with Crippen LogP contribution in [0.25, 0.3) is 22.2 Å². The van der Waals surface area contributed by atoms with E-state index in [4.69, 9.17) is 0 Å². The average molecular weight is 471 g/mol. The van der Waals surface area contributed by atoms with E-state index in [1.54, 1.807) is 4.90 Å². The number of aryl methyl sites for hydroxylation is 1. The molecule has 34 heavy (non-hydrogen) atoms. The van der Waals surface area contributed by atoms with Crippen molar-refractivity contribution in [1.29, 1.82) is 0 Å². The number of fused-ring (bicyclic) bond motifs is 1. The number of anilines is 1. The van der Waals surface area contributed by atoms with Gasteiger partial charge in [-0.2, -0.15) is 0 Å². The molecule has 0 unspecified atom stereocenters. The second kappa shape index (κ2) is 9.73. The highest BCUT2D eigenvalue weighted by Gasteiger charge is 2.34. The van der Waals surface area contributed by atoms with Crippen molar-refractivity contribution in [3.63, 3.8) is 0 Å². The maximum Gasteiger partial charge on any atom is 0.247 e. The number of imidazole rings is 1. The maximum absolute atomic E-state index is 13.2. The molecule has 0 saturated carbocycles. The number of para-hydroxylation sites is 3. The molecule has 3 aromatic carbocycles. The van der Waals surface area contributed by atoms with Crippen LogP contribution >= 0.6 is 11.8 Å². The molecule has 7 heteroatoms. The van der Waals surface area contributed by atoms with Crippen molar-refractivity contribution in [3.8, 4) is 11.1 Å². The van der Waals surface area contributed by atoms with E-state index in [9.17, 15) is 9.59 Å². The Balaban J connectivity index is 1.27. The van der Waals surface area contributed by atoms with Crippen molar-refractivity contribution in [2.24, 2.45) is 7.05 Å². The first-order chi connectivity index (χ1) is 16.6. The number of aromatic nitrogens is 2. The van der Waals surface area contributed by atoms with Crippen LogP contribution in [-0.4, -0.2) is 44.6 Å². The minimum absolute atomic E-state index is 0.0361. The Hall–Kier alpha value is -3.58. The number of benzene rings is 3.